The average molecular weight is 373 g/mol. The first-order valence-electron chi connectivity index (χ1n) is 3.88. The SMILES string of the molecule is O=C(OCl)c1c(Cl)c(Cl)c(C(=O)OCl)c(Cl)c1Cl. The molecule has 0 aliphatic heterocycles. The lowest BCUT2D eigenvalue weighted by Crippen LogP contribution is -2.07. The van der Waals surface area contributed by atoms with Crippen molar-refractivity contribution in [2.45, 2.75) is 0 Å². The van der Waals surface area contributed by atoms with E-state index in [9.17, 15) is 9.59 Å². The molecule has 0 unspecified atom stereocenters. The summed E-state index contributed by atoms with van der Waals surface area (Å²) in [5.41, 5.74) is -0.760. The van der Waals surface area contributed by atoms with E-state index < -0.39 is 11.9 Å². The van der Waals surface area contributed by atoms with Crippen molar-refractivity contribution in [1.29, 1.82) is 0 Å². The molecule has 0 amide bonds. The second-order valence-electron chi connectivity index (χ2n) is 2.74. The molecule has 0 bridgehead atoms. The zero-order valence-corrected chi connectivity index (χ0v) is 12.4. The number of hydrogen-bond acceptors (Lipinski definition) is 4. The lowest BCUT2D eigenvalue weighted by atomic mass is 10.1. The predicted octanol–water partition coefficient (Wildman–Crippen LogP) is 4.92. The van der Waals surface area contributed by atoms with Gasteiger partial charge < -0.3 is 8.58 Å². The lowest BCUT2D eigenvalue weighted by Gasteiger charge is -2.11. The first-order chi connectivity index (χ1) is 8.36. The fourth-order valence-electron chi connectivity index (χ4n) is 1.07. The summed E-state index contributed by atoms with van der Waals surface area (Å²) in [4.78, 5) is 22.7. The van der Waals surface area contributed by atoms with Crippen LogP contribution < -0.4 is 0 Å². The Bertz CT molecular complexity index is 453. The van der Waals surface area contributed by atoms with Crippen LogP contribution in [0.15, 0.2) is 0 Å². The number of hydrogen-bond donors (Lipinski definition) is 0. The van der Waals surface area contributed by atoms with Crippen LogP contribution in [0, 0.1) is 0 Å². The Morgan fingerprint density at radius 2 is 0.889 bits per heavy atom. The summed E-state index contributed by atoms with van der Waals surface area (Å²) in [7, 11) is 0. The van der Waals surface area contributed by atoms with Crippen molar-refractivity contribution < 1.29 is 18.2 Å². The first kappa shape index (κ1) is 16.0. The molecular weight excluding hydrogens is 373 g/mol. The molecule has 0 atom stereocenters. The van der Waals surface area contributed by atoms with E-state index in [-0.39, 0.29) is 31.2 Å². The molecule has 0 spiro atoms. The van der Waals surface area contributed by atoms with Crippen molar-refractivity contribution in [3.05, 3.63) is 31.2 Å². The molecule has 10 heteroatoms. The van der Waals surface area contributed by atoms with E-state index in [1.165, 1.54) is 0 Å². The van der Waals surface area contributed by atoms with Crippen molar-refractivity contribution in [2.24, 2.45) is 0 Å². The topological polar surface area (TPSA) is 52.6 Å². The van der Waals surface area contributed by atoms with Gasteiger partial charge in [-0.1, -0.05) is 46.4 Å². The Kier molecular flexibility index (Phi) is 5.65. The van der Waals surface area contributed by atoms with E-state index >= 15 is 0 Å². The monoisotopic (exact) mass is 370 g/mol. The third kappa shape index (κ3) is 2.74. The Hall–Kier alpha value is -0.100. The number of carbonyl (C=O) groups excluding carboxylic acids is 2. The van der Waals surface area contributed by atoms with E-state index in [1.807, 2.05) is 0 Å². The van der Waals surface area contributed by atoms with Gasteiger partial charge in [-0.05, 0) is 0 Å². The molecule has 1 rings (SSSR count). The van der Waals surface area contributed by atoms with Gasteiger partial charge in [0.25, 0.3) is 0 Å². The third-order valence-electron chi connectivity index (χ3n) is 1.81. The number of carbonyl (C=O) groups is 2. The van der Waals surface area contributed by atoms with Crippen LogP contribution in [0.4, 0.5) is 0 Å². The minimum Gasteiger partial charge on any atom is -0.343 e. The predicted molar refractivity (Wildman–Crippen MR) is 69.0 cm³/mol. The fourth-order valence-corrected chi connectivity index (χ4v) is 2.38. The van der Waals surface area contributed by atoms with Gasteiger partial charge in [-0.2, -0.15) is 0 Å². The van der Waals surface area contributed by atoms with Gasteiger partial charge in [-0.25, -0.2) is 9.59 Å². The summed E-state index contributed by atoms with van der Waals surface area (Å²) >= 11 is 32.9. The molecule has 0 N–H and O–H groups in total. The number of rotatable bonds is 2. The van der Waals surface area contributed by atoms with Gasteiger partial charge in [0.1, 0.15) is 34.9 Å². The molecule has 0 aliphatic rings. The molecule has 18 heavy (non-hydrogen) atoms. The maximum absolute atomic E-state index is 11.3. The summed E-state index contributed by atoms with van der Waals surface area (Å²) < 4.78 is 7.88. The van der Waals surface area contributed by atoms with Crippen LogP contribution >= 0.6 is 70.1 Å². The van der Waals surface area contributed by atoms with Crippen LogP contribution in [0.1, 0.15) is 20.7 Å². The second-order valence-corrected chi connectivity index (χ2v) is 4.56. The fraction of sp³-hybridized carbons (Fsp3) is 0. The highest BCUT2D eigenvalue weighted by molar-refractivity contribution is 6.52. The second kappa shape index (κ2) is 6.37. The minimum atomic E-state index is -1.08. The van der Waals surface area contributed by atoms with Gasteiger partial charge in [0.2, 0.25) is 0 Å². The molecule has 1 aromatic rings. The highest BCUT2D eigenvalue weighted by Crippen LogP contribution is 2.42. The van der Waals surface area contributed by atoms with Crippen molar-refractivity contribution in [2.75, 3.05) is 0 Å². The quantitative estimate of drug-likeness (QED) is 0.691. The molecule has 0 aromatic heterocycles. The number of benzene rings is 1. The van der Waals surface area contributed by atoms with Crippen molar-refractivity contribution in [1.82, 2.24) is 0 Å². The lowest BCUT2D eigenvalue weighted by molar-refractivity contribution is 0.0737. The molecule has 0 heterocycles. The molecule has 0 radical (unpaired) electrons. The van der Waals surface area contributed by atoms with E-state index in [0.29, 0.717) is 0 Å². The molecule has 1 aromatic carbocycles. The van der Waals surface area contributed by atoms with Crippen molar-refractivity contribution in [3.8, 4) is 0 Å². The van der Waals surface area contributed by atoms with Crippen LogP contribution in [0.5, 0.6) is 0 Å². The van der Waals surface area contributed by atoms with E-state index in [1.54, 1.807) is 0 Å². The van der Waals surface area contributed by atoms with Gasteiger partial charge >= 0.3 is 11.9 Å². The largest absolute Gasteiger partial charge is 0.359 e. The molecule has 4 nitrogen and oxygen atoms in total. The van der Waals surface area contributed by atoms with Crippen molar-refractivity contribution >= 4 is 82.1 Å². The van der Waals surface area contributed by atoms with Gasteiger partial charge in [0.05, 0.1) is 20.1 Å². The van der Waals surface area contributed by atoms with Crippen LogP contribution in [-0.2, 0) is 8.58 Å². The van der Waals surface area contributed by atoms with Crippen molar-refractivity contribution in [3.63, 3.8) is 0 Å². The maximum Gasteiger partial charge on any atom is 0.359 e. The smallest absolute Gasteiger partial charge is 0.343 e. The maximum atomic E-state index is 11.3. The Labute approximate surface area is 131 Å². The van der Waals surface area contributed by atoms with Gasteiger partial charge in [-0.15, -0.1) is 0 Å². The summed E-state index contributed by atoms with van der Waals surface area (Å²) in [5, 5.41) is -1.47. The first-order valence-corrected chi connectivity index (χ1v) is 6.01. The molecule has 0 saturated carbocycles. The summed E-state index contributed by atoms with van der Waals surface area (Å²) in [5.74, 6) is -2.16. The van der Waals surface area contributed by atoms with E-state index in [4.69, 9.17) is 70.1 Å². The van der Waals surface area contributed by atoms with Crippen LogP contribution in [0.25, 0.3) is 0 Å². The highest BCUT2D eigenvalue weighted by atomic mass is 35.5. The molecule has 0 fully saturated rings. The molecule has 0 aliphatic carbocycles. The van der Waals surface area contributed by atoms with Crippen LogP contribution in [0.2, 0.25) is 20.1 Å². The minimum absolute atomic E-state index is 0.367. The summed E-state index contributed by atoms with van der Waals surface area (Å²) in [6, 6.07) is 0. The summed E-state index contributed by atoms with van der Waals surface area (Å²) in [6.07, 6.45) is 0. The van der Waals surface area contributed by atoms with Gasteiger partial charge in [0.15, 0.2) is 0 Å². The van der Waals surface area contributed by atoms with Crippen LogP contribution in [0.3, 0.4) is 0 Å². The standard InChI is InChI=1S/C8Cl6O4/c9-3-1(7(15)17-13)4(10)6(12)2(5(3)11)8(16)18-14. The Morgan fingerprint density at radius 3 is 1.06 bits per heavy atom. The van der Waals surface area contributed by atoms with E-state index in [2.05, 4.69) is 8.58 Å². The van der Waals surface area contributed by atoms with Gasteiger partial charge in [0, 0.05) is 0 Å². The van der Waals surface area contributed by atoms with Crippen LogP contribution in [-0.4, -0.2) is 11.9 Å². The van der Waals surface area contributed by atoms with Gasteiger partial charge in [-0.3, -0.25) is 0 Å². The molecule has 0 saturated heterocycles. The average Bonchev–Trinajstić information content (AvgIpc) is 2.36. The zero-order valence-electron chi connectivity index (χ0n) is 7.90. The molecular formula is C8Cl6O4. The summed E-state index contributed by atoms with van der Waals surface area (Å²) in [6.45, 7) is 0. The van der Waals surface area contributed by atoms with E-state index in [0.717, 1.165) is 0 Å². The normalized spacial score (nSPS) is 10.1. The molecule has 98 valence electrons. The number of halogens is 6. The third-order valence-corrected chi connectivity index (χ3v) is 3.80. The zero-order chi connectivity index (χ0) is 14.0. The highest BCUT2D eigenvalue weighted by Gasteiger charge is 2.29. The Balaban J connectivity index is 3.66. The Morgan fingerprint density at radius 1 is 0.667 bits per heavy atom.